The highest BCUT2D eigenvalue weighted by molar-refractivity contribution is 9.10. The van der Waals surface area contributed by atoms with Crippen LogP contribution in [0.5, 0.6) is 11.5 Å². The Hall–Kier alpha value is -1.46. The molecule has 1 aromatic heterocycles. The number of nitrogens with one attached hydrogen (secondary N) is 1. The molecule has 0 saturated heterocycles. The van der Waals surface area contributed by atoms with Crippen molar-refractivity contribution in [1.29, 1.82) is 0 Å². The molecule has 94 valence electrons. The zero-order valence-corrected chi connectivity index (χ0v) is 11.4. The zero-order valence-electron chi connectivity index (χ0n) is 9.78. The summed E-state index contributed by atoms with van der Waals surface area (Å²) < 4.78 is 19.4. The van der Waals surface area contributed by atoms with Crippen molar-refractivity contribution in [3.63, 3.8) is 0 Å². The maximum Gasteiger partial charge on any atom is 0.131 e. The molecular weight excluding hydrogens is 299 g/mol. The SMILES string of the molecule is CNCc1cc(Oc2cc(F)cc(Br)c2)ccn1. The molecule has 1 aromatic carbocycles. The Morgan fingerprint density at radius 1 is 1.28 bits per heavy atom. The fourth-order valence-electron chi connectivity index (χ4n) is 1.52. The highest BCUT2D eigenvalue weighted by Gasteiger charge is 2.03. The molecule has 0 radical (unpaired) electrons. The molecule has 2 aromatic rings. The second-order valence-electron chi connectivity index (χ2n) is 3.72. The van der Waals surface area contributed by atoms with E-state index in [1.165, 1.54) is 12.1 Å². The summed E-state index contributed by atoms with van der Waals surface area (Å²) >= 11 is 3.22. The van der Waals surface area contributed by atoms with Crippen molar-refractivity contribution in [2.75, 3.05) is 7.05 Å². The third-order valence-electron chi connectivity index (χ3n) is 2.22. The monoisotopic (exact) mass is 310 g/mol. The Balaban J connectivity index is 2.20. The smallest absolute Gasteiger partial charge is 0.131 e. The first kappa shape index (κ1) is 13.0. The van der Waals surface area contributed by atoms with Crippen LogP contribution in [0, 0.1) is 5.82 Å². The molecule has 1 N–H and O–H groups in total. The fraction of sp³-hybridized carbons (Fsp3) is 0.154. The summed E-state index contributed by atoms with van der Waals surface area (Å²) in [7, 11) is 1.85. The molecule has 0 saturated carbocycles. The Kier molecular flexibility index (Phi) is 4.28. The van der Waals surface area contributed by atoms with Gasteiger partial charge in [0.1, 0.15) is 17.3 Å². The highest BCUT2D eigenvalue weighted by Crippen LogP contribution is 2.25. The minimum atomic E-state index is -0.344. The number of ether oxygens (including phenoxy) is 1. The zero-order chi connectivity index (χ0) is 13.0. The number of hydrogen-bond acceptors (Lipinski definition) is 3. The van der Waals surface area contributed by atoms with Gasteiger partial charge in [0, 0.05) is 29.3 Å². The number of hydrogen-bond donors (Lipinski definition) is 1. The van der Waals surface area contributed by atoms with E-state index >= 15 is 0 Å². The minimum Gasteiger partial charge on any atom is -0.457 e. The van der Waals surface area contributed by atoms with Gasteiger partial charge >= 0.3 is 0 Å². The molecule has 0 fully saturated rings. The van der Waals surface area contributed by atoms with Crippen LogP contribution in [-0.2, 0) is 6.54 Å². The standard InChI is InChI=1S/C13H12BrFN2O/c1-16-8-11-7-12(2-3-17-11)18-13-5-9(14)4-10(15)6-13/h2-7,16H,8H2,1H3. The number of rotatable bonds is 4. The predicted octanol–water partition coefficient (Wildman–Crippen LogP) is 3.49. The van der Waals surface area contributed by atoms with Gasteiger partial charge in [0.2, 0.25) is 0 Å². The van der Waals surface area contributed by atoms with Crippen LogP contribution in [0.4, 0.5) is 4.39 Å². The van der Waals surface area contributed by atoms with Crippen LogP contribution >= 0.6 is 15.9 Å². The topological polar surface area (TPSA) is 34.1 Å². The van der Waals surface area contributed by atoms with E-state index in [9.17, 15) is 4.39 Å². The third-order valence-corrected chi connectivity index (χ3v) is 2.68. The van der Waals surface area contributed by atoms with Gasteiger partial charge in [-0.2, -0.15) is 0 Å². The van der Waals surface area contributed by atoms with E-state index in [-0.39, 0.29) is 5.82 Å². The van der Waals surface area contributed by atoms with E-state index < -0.39 is 0 Å². The van der Waals surface area contributed by atoms with E-state index in [1.807, 2.05) is 13.1 Å². The number of benzene rings is 1. The molecule has 0 unspecified atom stereocenters. The van der Waals surface area contributed by atoms with Gasteiger partial charge in [0.25, 0.3) is 0 Å². The van der Waals surface area contributed by atoms with Crippen LogP contribution in [0.25, 0.3) is 0 Å². The van der Waals surface area contributed by atoms with E-state index in [1.54, 1.807) is 18.3 Å². The van der Waals surface area contributed by atoms with Crippen molar-refractivity contribution >= 4 is 15.9 Å². The van der Waals surface area contributed by atoms with Gasteiger partial charge in [-0.1, -0.05) is 15.9 Å². The molecule has 0 spiro atoms. The summed E-state index contributed by atoms with van der Waals surface area (Å²) in [6, 6.07) is 7.98. The molecule has 0 atom stereocenters. The lowest BCUT2D eigenvalue weighted by Crippen LogP contribution is -2.06. The van der Waals surface area contributed by atoms with Crippen LogP contribution in [0.15, 0.2) is 41.0 Å². The van der Waals surface area contributed by atoms with E-state index in [0.29, 0.717) is 22.5 Å². The van der Waals surface area contributed by atoms with Crippen molar-refractivity contribution in [3.8, 4) is 11.5 Å². The van der Waals surface area contributed by atoms with Crippen molar-refractivity contribution in [2.45, 2.75) is 6.54 Å². The quantitative estimate of drug-likeness (QED) is 0.938. The lowest BCUT2D eigenvalue weighted by molar-refractivity contribution is 0.474. The van der Waals surface area contributed by atoms with Gasteiger partial charge in [-0.3, -0.25) is 4.98 Å². The second kappa shape index (κ2) is 5.93. The molecule has 18 heavy (non-hydrogen) atoms. The normalized spacial score (nSPS) is 10.4. The summed E-state index contributed by atoms with van der Waals surface area (Å²) in [4.78, 5) is 4.18. The average molecular weight is 311 g/mol. The van der Waals surface area contributed by atoms with Gasteiger partial charge in [-0.15, -0.1) is 0 Å². The highest BCUT2D eigenvalue weighted by atomic mass is 79.9. The number of halogens is 2. The number of nitrogens with zero attached hydrogens (tertiary/aromatic N) is 1. The van der Waals surface area contributed by atoms with E-state index in [0.717, 1.165) is 5.69 Å². The first-order valence-corrected chi connectivity index (χ1v) is 6.20. The molecule has 3 nitrogen and oxygen atoms in total. The van der Waals surface area contributed by atoms with Gasteiger partial charge < -0.3 is 10.1 Å². The fourth-order valence-corrected chi connectivity index (χ4v) is 1.97. The molecule has 0 bridgehead atoms. The third kappa shape index (κ3) is 3.51. The van der Waals surface area contributed by atoms with Crippen molar-refractivity contribution in [2.24, 2.45) is 0 Å². The maximum absolute atomic E-state index is 13.2. The first-order chi connectivity index (χ1) is 8.67. The summed E-state index contributed by atoms with van der Waals surface area (Å²) in [5, 5.41) is 3.01. The second-order valence-corrected chi connectivity index (χ2v) is 4.64. The van der Waals surface area contributed by atoms with Gasteiger partial charge in [0.15, 0.2) is 0 Å². The predicted molar refractivity (Wildman–Crippen MR) is 71.2 cm³/mol. The lowest BCUT2D eigenvalue weighted by Gasteiger charge is -2.07. The minimum absolute atomic E-state index is 0.344. The molecule has 5 heteroatoms. The molecule has 0 amide bonds. The summed E-state index contributed by atoms with van der Waals surface area (Å²) in [6.07, 6.45) is 1.66. The summed E-state index contributed by atoms with van der Waals surface area (Å²) in [5.41, 5.74) is 0.866. The largest absolute Gasteiger partial charge is 0.457 e. The van der Waals surface area contributed by atoms with E-state index in [4.69, 9.17) is 4.74 Å². The van der Waals surface area contributed by atoms with Gasteiger partial charge in [-0.25, -0.2) is 4.39 Å². The Morgan fingerprint density at radius 3 is 2.83 bits per heavy atom. The molecule has 0 aliphatic carbocycles. The molecule has 1 heterocycles. The Bertz CT molecular complexity index is 528. The van der Waals surface area contributed by atoms with E-state index in [2.05, 4.69) is 26.2 Å². The molecule has 0 aliphatic rings. The van der Waals surface area contributed by atoms with Crippen LogP contribution in [0.3, 0.4) is 0 Å². The number of aromatic nitrogens is 1. The Labute approximate surface area is 113 Å². The lowest BCUT2D eigenvalue weighted by atomic mass is 10.3. The Morgan fingerprint density at radius 2 is 2.11 bits per heavy atom. The van der Waals surface area contributed by atoms with Crippen LogP contribution in [0.2, 0.25) is 0 Å². The van der Waals surface area contributed by atoms with Crippen molar-refractivity contribution < 1.29 is 9.13 Å². The molecular formula is C13H12BrFN2O. The number of pyridine rings is 1. The summed E-state index contributed by atoms with van der Waals surface area (Å²) in [5.74, 6) is 0.736. The first-order valence-electron chi connectivity index (χ1n) is 5.41. The van der Waals surface area contributed by atoms with Crippen LogP contribution < -0.4 is 10.1 Å². The summed E-state index contributed by atoms with van der Waals surface area (Å²) in [6.45, 7) is 0.657. The van der Waals surface area contributed by atoms with Crippen molar-refractivity contribution in [3.05, 3.63) is 52.5 Å². The van der Waals surface area contributed by atoms with Gasteiger partial charge in [-0.05, 0) is 25.2 Å². The molecule has 2 rings (SSSR count). The van der Waals surface area contributed by atoms with Crippen LogP contribution in [0.1, 0.15) is 5.69 Å². The molecule has 0 aliphatic heterocycles. The maximum atomic E-state index is 13.2. The van der Waals surface area contributed by atoms with Crippen molar-refractivity contribution in [1.82, 2.24) is 10.3 Å². The van der Waals surface area contributed by atoms with Gasteiger partial charge in [0.05, 0.1) is 5.69 Å². The average Bonchev–Trinajstić information content (AvgIpc) is 2.28. The van der Waals surface area contributed by atoms with Crippen LogP contribution in [-0.4, -0.2) is 12.0 Å².